The van der Waals surface area contributed by atoms with Gasteiger partial charge in [-0.05, 0) is 6.42 Å². The average molecular weight is 186 g/mol. The van der Waals surface area contributed by atoms with Gasteiger partial charge in [0.15, 0.2) is 0 Å². The zero-order valence-electron chi connectivity index (χ0n) is 7.66. The summed E-state index contributed by atoms with van der Waals surface area (Å²) in [5, 5.41) is 8.48. The number of carboxylic acids is 1. The molecule has 0 aliphatic heterocycles. The lowest BCUT2D eigenvalue weighted by molar-refractivity contribution is -0.148. The molecule has 4 nitrogen and oxygen atoms in total. The van der Waals surface area contributed by atoms with Crippen molar-refractivity contribution in [1.82, 2.24) is 0 Å². The highest BCUT2D eigenvalue weighted by Crippen LogP contribution is 2.07. The van der Waals surface area contributed by atoms with Crippen LogP contribution >= 0.6 is 0 Å². The molecule has 13 heavy (non-hydrogen) atoms. The van der Waals surface area contributed by atoms with Crippen LogP contribution in [0.5, 0.6) is 0 Å². The Morgan fingerprint density at radius 1 is 1.62 bits per heavy atom. The Morgan fingerprint density at radius 3 is 2.62 bits per heavy atom. The molecule has 0 fully saturated rings. The van der Waals surface area contributed by atoms with E-state index in [4.69, 9.17) is 9.84 Å². The number of carboxylic acid groups (broad SMARTS) is 1. The van der Waals surface area contributed by atoms with Crippen LogP contribution in [0.4, 0.5) is 0 Å². The predicted octanol–water partition coefficient (Wildman–Crippen LogP) is 1.36. The molecule has 0 radical (unpaired) electrons. The van der Waals surface area contributed by atoms with Crippen molar-refractivity contribution in [2.45, 2.75) is 32.3 Å². The number of rotatable bonds is 6. The van der Waals surface area contributed by atoms with E-state index >= 15 is 0 Å². The third kappa shape index (κ3) is 5.90. The predicted molar refractivity (Wildman–Crippen MR) is 47.2 cm³/mol. The Kier molecular flexibility index (Phi) is 5.59. The normalized spacial score (nSPS) is 11.8. The van der Waals surface area contributed by atoms with Crippen LogP contribution in [-0.2, 0) is 14.3 Å². The lowest BCUT2D eigenvalue weighted by Gasteiger charge is -2.13. The summed E-state index contributed by atoms with van der Waals surface area (Å²) in [5.41, 5.74) is 0. The van der Waals surface area contributed by atoms with E-state index < -0.39 is 18.0 Å². The zero-order valence-corrected chi connectivity index (χ0v) is 7.66. The van der Waals surface area contributed by atoms with Crippen molar-refractivity contribution >= 4 is 11.9 Å². The first-order chi connectivity index (χ1) is 6.10. The number of carbonyl (C=O) groups excluding carboxylic acids is 1. The van der Waals surface area contributed by atoms with Crippen molar-refractivity contribution in [2.24, 2.45) is 0 Å². The smallest absolute Gasteiger partial charge is 0.330 e. The van der Waals surface area contributed by atoms with E-state index in [0.29, 0.717) is 6.42 Å². The van der Waals surface area contributed by atoms with Crippen molar-refractivity contribution in [3.63, 3.8) is 0 Å². The largest absolute Gasteiger partial charge is 0.481 e. The summed E-state index contributed by atoms with van der Waals surface area (Å²) in [7, 11) is 0. The summed E-state index contributed by atoms with van der Waals surface area (Å²) in [6.07, 6.45) is 1.69. The van der Waals surface area contributed by atoms with Gasteiger partial charge >= 0.3 is 11.9 Å². The van der Waals surface area contributed by atoms with E-state index in [1.54, 1.807) is 0 Å². The van der Waals surface area contributed by atoms with Crippen LogP contribution in [0.1, 0.15) is 26.2 Å². The molecule has 0 rings (SSSR count). The molecule has 0 aromatic rings. The van der Waals surface area contributed by atoms with Crippen LogP contribution in [-0.4, -0.2) is 23.1 Å². The number of hydrogen-bond donors (Lipinski definition) is 1. The van der Waals surface area contributed by atoms with Crippen LogP contribution < -0.4 is 0 Å². The molecule has 0 spiro atoms. The fourth-order valence-electron chi connectivity index (χ4n) is 0.932. The molecule has 0 amide bonds. The highest BCUT2D eigenvalue weighted by Gasteiger charge is 2.15. The van der Waals surface area contributed by atoms with E-state index in [1.165, 1.54) is 0 Å². The monoisotopic (exact) mass is 186 g/mol. The average Bonchev–Trinajstić information content (AvgIpc) is 2.03. The SMILES string of the molecule is C=CC(=O)OC(CCC)CC(=O)O. The molecule has 0 aliphatic rings. The van der Waals surface area contributed by atoms with Gasteiger partial charge in [0.1, 0.15) is 6.10 Å². The third-order valence-electron chi connectivity index (χ3n) is 1.46. The Hall–Kier alpha value is -1.32. The first-order valence-corrected chi connectivity index (χ1v) is 4.15. The van der Waals surface area contributed by atoms with E-state index in [0.717, 1.165) is 12.5 Å². The summed E-state index contributed by atoms with van der Waals surface area (Å²) < 4.78 is 4.81. The molecule has 0 saturated heterocycles. The van der Waals surface area contributed by atoms with Crippen molar-refractivity contribution in [3.8, 4) is 0 Å². The standard InChI is InChI=1S/C9H14O4/c1-3-5-7(6-8(10)11)13-9(12)4-2/h4,7H,2-3,5-6H2,1H3,(H,10,11). The lowest BCUT2D eigenvalue weighted by Crippen LogP contribution is -2.20. The van der Waals surface area contributed by atoms with Gasteiger partial charge in [-0.3, -0.25) is 4.79 Å². The van der Waals surface area contributed by atoms with Gasteiger partial charge in [0.05, 0.1) is 6.42 Å². The van der Waals surface area contributed by atoms with E-state index in [2.05, 4.69) is 6.58 Å². The van der Waals surface area contributed by atoms with Gasteiger partial charge in [-0.2, -0.15) is 0 Å². The summed E-state index contributed by atoms with van der Waals surface area (Å²) in [5.74, 6) is -1.53. The number of hydrogen-bond acceptors (Lipinski definition) is 3. The second-order valence-corrected chi connectivity index (χ2v) is 2.65. The van der Waals surface area contributed by atoms with Gasteiger partial charge in [0.25, 0.3) is 0 Å². The van der Waals surface area contributed by atoms with Gasteiger partial charge in [0, 0.05) is 6.08 Å². The van der Waals surface area contributed by atoms with Gasteiger partial charge in [-0.1, -0.05) is 19.9 Å². The number of carbonyl (C=O) groups is 2. The molecule has 0 saturated carbocycles. The maximum Gasteiger partial charge on any atom is 0.330 e. The molecular weight excluding hydrogens is 172 g/mol. The Balaban J connectivity index is 4.00. The van der Waals surface area contributed by atoms with Gasteiger partial charge in [-0.25, -0.2) is 4.79 Å². The minimum Gasteiger partial charge on any atom is -0.481 e. The van der Waals surface area contributed by atoms with Crippen LogP contribution in [0, 0.1) is 0 Å². The van der Waals surface area contributed by atoms with Crippen LogP contribution in [0.25, 0.3) is 0 Å². The second-order valence-electron chi connectivity index (χ2n) is 2.65. The van der Waals surface area contributed by atoms with Crippen molar-refractivity contribution in [1.29, 1.82) is 0 Å². The van der Waals surface area contributed by atoms with Crippen LogP contribution in [0.2, 0.25) is 0 Å². The maximum atomic E-state index is 10.7. The molecule has 1 unspecified atom stereocenters. The third-order valence-corrected chi connectivity index (χ3v) is 1.46. The molecule has 1 atom stereocenters. The molecule has 1 N–H and O–H groups in total. The van der Waals surface area contributed by atoms with E-state index in [9.17, 15) is 9.59 Å². The molecule has 74 valence electrons. The summed E-state index contributed by atoms with van der Waals surface area (Å²) in [6, 6.07) is 0. The van der Waals surface area contributed by atoms with Crippen LogP contribution in [0.3, 0.4) is 0 Å². The number of aliphatic carboxylic acids is 1. The fourth-order valence-corrected chi connectivity index (χ4v) is 0.932. The molecular formula is C9H14O4. The fraction of sp³-hybridized carbons (Fsp3) is 0.556. The molecule has 0 heterocycles. The summed E-state index contributed by atoms with van der Waals surface area (Å²) >= 11 is 0. The molecule has 0 aromatic heterocycles. The quantitative estimate of drug-likeness (QED) is 0.502. The summed E-state index contributed by atoms with van der Waals surface area (Å²) in [4.78, 5) is 21.1. The second kappa shape index (κ2) is 6.22. The summed E-state index contributed by atoms with van der Waals surface area (Å²) in [6.45, 7) is 5.13. The van der Waals surface area contributed by atoms with Crippen molar-refractivity contribution in [3.05, 3.63) is 12.7 Å². The molecule has 4 heteroatoms. The first kappa shape index (κ1) is 11.7. The lowest BCUT2D eigenvalue weighted by atomic mass is 10.1. The zero-order chi connectivity index (χ0) is 10.3. The van der Waals surface area contributed by atoms with Crippen LogP contribution in [0.15, 0.2) is 12.7 Å². The van der Waals surface area contributed by atoms with Crippen molar-refractivity contribution in [2.75, 3.05) is 0 Å². The Labute approximate surface area is 77.2 Å². The van der Waals surface area contributed by atoms with Gasteiger partial charge in [0.2, 0.25) is 0 Å². The molecule has 0 aliphatic carbocycles. The minimum atomic E-state index is -0.963. The van der Waals surface area contributed by atoms with Gasteiger partial charge in [-0.15, -0.1) is 0 Å². The molecule has 0 bridgehead atoms. The highest BCUT2D eigenvalue weighted by molar-refractivity contribution is 5.81. The number of ether oxygens (including phenoxy) is 1. The van der Waals surface area contributed by atoms with E-state index in [1.807, 2.05) is 6.92 Å². The Bertz CT molecular complexity index is 198. The van der Waals surface area contributed by atoms with Crippen molar-refractivity contribution < 1.29 is 19.4 Å². The topological polar surface area (TPSA) is 63.6 Å². The van der Waals surface area contributed by atoms with E-state index in [-0.39, 0.29) is 6.42 Å². The highest BCUT2D eigenvalue weighted by atomic mass is 16.5. The first-order valence-electron chi connectivity index (χ1n) is 4.15. The van der Waals surface area contributed by atoms with Gasteiger partial charge < -0.3 is 9.84 Å². The molecule has 0 aromatic carbocycles. The minimum absolute atomic E-state index is 0.145. The maximum absolute atomic E-state index is 10.7. The number of esters is 1. The Morgan fingerprint density at radius 2 is 2.23 bits per heavy atom.